The Balaban J connectivity index is 2.21. The third kappa shape index (κ3) is 3.46. The number of nitrogens with zero attached hydrogens (tertiary/aromatic N) is 2. The molecule has 1 heterocycles. The average Bonchev–Trinajstić information content (AvgIpc) is 2.65. The highest BCUT2D eigenvalue weighted by atomic mass is 16.4. The summed E-state index contributed by atoms with van der Waals surface area (Å²) in [5.74, 6) is -0.106. The molecule has 0 radical (unpaired) electrons. The predicted molar refractivity (Wildman–Crippen MR) is 75.8 cm³/mol. The average molecular weight is 262 g/mol. The highest BCUT2D eigenvalue weighted by Gasteiger charge is 2.19. The standard InChI is InChI=1S/C15H22N2O2/c1-11-9-12(15(18)19)10-14(16-11)17(2)13-7-5-3-4-6-8-13/h9-10,13H,3-8H2,1-2H3,(H,18,19). The second-order valence-corrected chi connectivity index (χ2v) is 5.42. The minimum atomic E-state index is -0.888. The van der Waals surface area contributed by atoms with Gasteiger partial charge >= 0.3 is 5.97 Å². The lowest BCUT2D eigenvalue weighted by Gasteiger charge is -2.28. The summed E-state index contributed by atoms with van der Waals surface area (Å²) in [6.07, 6.45) is 7.49. The van der Waals surface area contributed by atoms with Crippen molar-refractivity contribution in [2.45, 2.75) is 51.5 Å². The molecular formula is C15H22N2O2. The van der Waals surface area contributed by atoms with Crippen LogP contribution in [0.4, 0.5) is 5.82 Å². The van der Waals surface area contributed by atoms with Gasteiger partial charge in [0.15, 0.2) is 0 Å². The SMILES string of the molecule is Cc1cc(C(=O)O)cc(N(C)C2CCCCCC2)n1. The Kier molecular flexibility index (Phi) is 4.40. The largest absolute Gasteiger partial charge is 0.478 e. The fourth-order valence-electron chi connectivity index (χ4n) is 2.79. The van der Waals surface area contributed by atoms with E-state index in [1.807, 2.05) is 14.0 Å². The number of rotatable bonds is 3. The van der Waals surface area contributed by atoms with Crippen LogP contribution in [0.1, 0.15) is 54.6 Å². The monoisotopic (exact) mass is 262 g/mol. The maximum Gasteiger partial charge on any atom is 0.335 e. The second kappa shape index (κ2) is 6.04. The van der Waals surface area contributed by atoms with Crippen LogP contribution < -0.4 is 4.90 Å². The molecule has 0 bridgehead atoms. The molecule has 1 aromatic rings. The van der Waals surface area contributed by atoms with Crippen LogP contribution in [0.15, 0.2) is 12.1 Å². The summed E-state index contributed by atoms with van der Waals surface area (Å²) in [6.45, 7) is 1.84. The first kappa shape index (κ1) is 13.8. The van der Waals surface area contributed by atoms with Gasteiger partial charge in [-0.15, -0.1) is 0 Å². The van der Waals surface area contributed by atoms with E-state index in [4.69, 9.17) is 5.11 Å². The number of aromatic nitrogens is 1. The molecule has 0 saturated heterocycles. The summed E-state index contributed by atoms with van der Waals surface area (Å²) in [4.78, 5) is 17.8. The van der Waals surface area contributed by atoms with Gasteiger partial charge in [0.1, 0.15) is 5.82 Å². The summed E-state index contributed by atoms with van der Waals surface area (Å²) in [6, 6.07) is 3.78. The van der Waals surface area contributed by atoms with Crippen molar-refractivity contribution in [3.8, 4) is 0 Å². The lowest BCUT2D eigenvalue weighted by Crippen LogP contribution is -2.32. The van der Waals surface area contributed by atoms with Crippen molar-refractivity contribution in [1.29, 1.82) is 0 Å². The fourth-order valence-corrected chi connectivity index (χ4v) is 2.79. The Bertz CT molecular complexity index is 451. The zero-order valence-electron chi connectivity index (χ0n) is 11.7. The van der Waals surface area contributed by atoms with Crippen LogP contribution in [0.2, 0.25) is 0 Å². The highest BCUT2D eigenvalue weighted by molar-refractivity contribution is 5.88. The van der Waals surface area contributed by atoms with E-state index in [-0.39, 0.29) is 0 Å². The molecule has 0 aliphatic heterocycles. The molecule has 0 spiro atoms. The Labute approximate surface area is 114 Å². The van der Waals surface area contributed by atoms with Crippen molar-refractivity contribution < 1.29 is 9.90 Å². The number of carbonyl (C=O) groups is 1. The number of aromatic carboxylic acids is 1. The molecule has 1 aliphatic carbocycles. The zero-order chi connectivity index (χ0) is 13.8. The lowest BCUT2D eigenvalue weighted by atomic mass is 10.1. The van der Waals surface area contributed by atoms with Crippen LogP contribution in [0.3, 0.4) is 0 Å². The summed E-state index contributed by atoms with van der Waals surface area (Å²) in [5, 5.41) is 9.12. The van der Waals surface area contributed by atoms with Crippen molar-refractivity contribution in [2.75, 3.05) is 11.9 Å². The van der Waals surface area contributed by atoms with Crippen LogP contribution in [-0.2, 0) is 0 Å². The first-order chi connectivity index (χ1) is 9.08. The predicted octanol–water partition coefficient (Wildman–Crippen LogP) is 3.25. The van der Waals surface area contributed by atoms with Crippen LogP contribution >= 0.6 is 0 Å². The molecule has 0 aromatic carbocycles. The maximum atomic E-state index is 11.1. The van der Waals surface area contributed by atoms with E-state index in [1.165, 1.54) is 38.5 Å². The number of hydrogen-bond acceptors (Lipinski definition) is 3. The minimum Gasteiger partial charge on any atom is -0.478 e. The summed E-state index contributed by atoms with van der Waals surface area (Å²) >= 11 is 0. The Morgan fingerprint density at radius 1 is 1.26 bits per heavy atom. The van der Waals surface area contributed by atoms with Gasteiger partial charge in [-0.3, -0.25) is 0 Å². The highest BCUT2D eigenvalue weighted by Crippen LogP contribution is 2.25. The third-order valence-electron chi connectivity index (χ3n) is 3.92. The van der Waals surface area contributed by atoms with Crippen LogP contribution in [0, 0.1) is 6.92 Å². The van der Waals surface area contributed by atoms with E-state index >= 15 is 0 Å². The normalized spacial score (nSPS) is 16.9. The van der Waals surface area contributed by atoms with E-state index in [0.29, 0.717) is 11.6 Å². The van der Waals surface area contributed by atoms with Crippen molar-refractivity contribution in [3.05, 3.63) is 23.4 Å². The Hall–Kier alpha value is -1.58. The van der Waals surface area contributed by atoms with Crippen molar-refractivity contribution in [1.82, 2.24) is 4.98 Å². The second-order valence-electron chi connectivity index (χ2n) is 5.42. The molecule has 1 aliphatic rings. The summed E-state index contributed by atoms with van der Waals surface area (Å²) in [5.41, 5.74) is 1.08. The first-order valence-electron chi connectivity index (χ1n) is 7.03. The van der Waals surface area contributed by atoms with E-state index < -0.39 is 5.97 Å². The van der Waals surface area contributed by atoms with E-state index in [2.05, 4.69) is 9.88 Å². The van der Waals surface area contributed by atoms with E-state index in [1.54, 1.807) is 12.1 Å². The first-order valence-corrected chi connectivity index (χ1v) is 7.03. The van der Waals surface area contributed by atoms with Crippen molar-refractivity contribution in [2.24, 2.45) is 0 Å². The van der Waals surface area contributed by atoms with Gasteiger partial charge < -0.3 is 10.0 Å². The molecule has 4 nitrogen and oxygen atoms in total. The van der Waals surface area contributed by atoms with Gasteiger partial charge in [0.25, 0.3) is 0 Å². The lowest BCUT2D eigenvalue weighted by molar-refractivity contribution is 0.0696. The number of aryl methyl sites for hydroxylation is 1. The van der Waals surface area contributed by atoms with Gasteiger partial charge in [-0.05, 0) is 31.9 Å². The van der Waals surface area contributed by atoms with Crippen LogP contribution in [0.5, 0.6) is 0 Å². The molecule has 19 heavy (non-hydrogen) atoms. The maximum absolute atomic E-state index is 11.1. The fraction of sp³-hybridized carbons (Fsp3) is 0.600. The minimum absolute atomic E-state index is 0.322. The molecule has 1 aromatic heterocycles. The molecule has 1 N–H and O–H groups in total. The van der Waals surface area contributed by atoms with Crippen molar-refractivity contribution in [3.63, 3.8) is 0 Å². The topological polar surface area (TPSA) is 53.4 Å². The quantitative estimate of drug-likeness (QED) is 0.850. The molecule has 1 fully saturated rings. The molecule has 0 unspecified atom stereocenters. The van der Waals surface area contributed by atoms with Gasteiger partial charge in [0.05, 0.1) is 5.56 Å². The van der Waals surface area contributed by atoms with Gasteiger partial charge in [-0.1, -0.05) is 25.7 Å². The molecule has 0 atom stereocenters. The third-order valence-corrected chi connectivity index (χ3v) is 3.92. The summed E-state index contributed by atoms with van der Waals surface area (Å²) in [7, 11) is 2.03. The molecule has 4 heteroatoms. The molecular weight excluding hydrogens is 240 g/mol. The van der Waals surface area contributed by atoms with Crippen molar-refractivity contribution >= 4 is 11.8 Å². The molecule has 1 saturated carbocycles. The van der Waals surface area contributed by atoms with Crippen LogP contribution in [0.25, 0.3) is 0 Å². The number of pyridine rings is 1. The van der Waals surface area contributed by atoms with E-state index in [0.717, 1.165) is 11.5 Å². The molecule has 2 rings (SSSR count). The summed E-state index contributed by atoms with van der Waals surface area (Å²) < 4.78 is 0. The Morgan fingerprint density at radius 3 is 2.47 bits per heavy atom. The number of carboxylic acid groups (broad SMARTS) is 1. The Morgan fingerprint density at radius 2 is 1.89 bits per heavy atom. The van der Waals surface area contributed by atoms with Gasteiger partial charge in [-0.2, -0.15) is 0 Å². The number of anilines is 1. The zero-order valence-corrected chi connectivity index (χ0v) is 11.7. The van der Waals surface area contributed by atoms with Crippen LogP contribution in [-0.4, -0.2) is 29.1 Å². The van der Waals surface area contributed by atoms with Gasteiger partial charge in [0, 0.05) is 18.8 Å². The smallest absolute Gasteiger partial charge is 0.335 e. The number of hydrogen-bond donors (Lipinski definition) is 1. The molecule has 104 valence electrons. The van der Waals surface area contributed by atoms with Gasteiger partial charge in [-0.25, -0.2) is 9.78 Å². The number of carboxylic acids is 1. The molecule has 0 amide bonds. The van der Waals surface area contributed by atoms with E-state index in [9.17, 15) is 4.79 Å². The van der Waals surface area contributed by atoms with Gasteiger partial charge in [0.2, 0.25) is 0 Å².